The fraction of sp³-hybridized carbons (Fsp3) is 0.467. The summed E-state index contributed by atoms with van der Waals surface area (Å²) in [7, 11) is 0. The molecule has 1 fully saturated rings. The zero-order chi connectivity index (χ0) is 15.2. The third kappa shape index (κ3) is 4.82. The molecular formula is C15H20FN3O2. The van der Waals surface area contributed by atoms with Gasteiger partial charge in [-0.3, -0.25) is 14.5 Å². The van der Waals surface area contributed by atoms with Gasteiger partial charge in [0.2, 0.25) is 11.8 Å². The van der Waals surface area contributed by atoms with Crippen LogP contribution in [0.2, 0.25) is 0 Å². The Kier molecular flexibility index (Phi) is 5.27. The first-order valence-electron chi connectivity index (χ1n) is 7.08. The smallest absolute Gasteiger partial charge is 0.225 e. The Morgan fingerprint density at radius 1 is 1.14 bits per heavy atom. The van der Waals surface area contributed by atoms with Crippen molar-refractivity contribution in [1.82, 2.24) is 9.80 Å². The van der Waals surface area contributed by atoms with Crippen molar-refractivity contribution >= 4 is 17.5 Å². The summed E-state index contributed by atoms with van der Waals surface area (Å²) in [5.41, 5.74) is 0.600. The van der Waals surface area contributed by atoms with Gasteiger partial charge in [-0.1, -0.05) is 0 Å². The average molecular weight is 293 g/mol. The molecule has 1 aliphatic rings. The molecule has 1 aliphatic heterocycles. The molecule has 0 aromatic heterocycles. The van der Waals surface area contributed by atoms with Gasteiger partial charge in [0.25, 0.3) is 0 Å². The molecule has 0 saturated carbocycles. The van der Waals surface area contributed by atoms with Gasteiger partial charge in [0, 0.05) is 51.8 Å². The molecular weight excluding hydrogens is 273 g/mol. The minimum Gasteiger partial charge on any atom is -0.340 e. The number of anilines is 1. The van der Waals surface area contributed by atoms with Gasteiger partial charge >= 0.3 is 0 Å². The largest absolute Gasteiger partial charge is 0.340 e. The highest BCUT2D eigenvalue weighted by Crippen LogP contribution is 2.09. The molecule has 0 atom stereocenters. The minimum atomic E-state index is -0.323. The van der Waals surface area contributed by atoms with E-state index in [1.807, 2.05) is 4.90 Å². The Labute approximate surface area is 123 Å². The zero-order valence-corrected chi connectivity index (χ0v) is 12.1. The van der Waals surface area contributed by atoms with Crippen molar-refractivity contribution in [3.63, 3.8) is 0 Å². The fourth-order valence-corrected chi connectivity index (χ4v) is 2.30. The van der Waals surface area contributed by atoms with Crippen LogP contribution in [0.3, 0.4) is 0 Å². The molecule has 1 aromatic rings. The maximum atomic E-state index is 12.8. The molecule has 0 spiro atoms. The van der Waals surface area contributed by atoms with E-state index in [9.17, 15) is 14.0 Å². The molecule has 114 valence electrons. The lowest BCUT2D eigenvalue weighted by Gasteiger charge is -2.34. The maximum Gasteiger partial charge on any atom is 0.225 e. The van der Waals surface area contributed by atoms with E-state index < -0.39 is 0 Å². The second kappa shape index (κ2) is 7.17. The Bertz CT molecular complexity index is 496. The van der Waals surface area contributed by atoms with Crippen LogP contribution >= 0.6 is 0 Å². The van der Waals surface area contributed by atoms with Crippen molar-refractivity contribution in [3.8, 4) is 0 Å². The summed E-state index contributed by atoms with van der Waals surface area (Å²) in [6.45, 7) is 5.27. The summed E-state index contributed by atoms with van der Waals surface area (Å²) >= 11 is 0. The first kappa shape index (κ1) is 15.4. The molecule has 0 radical (unpaired) electrons. The second-order valence-corrected chi connectivity index (χ2v) is 5.15. The van der Waals surface area contributed by atoms with Crippen LogP contribution in [0.1, 0.15) is 13.3 Å². The summed E-state index contributed by atoms with van der Waals surface area (Å²) < 4.78 is 12.8. The predicted molar refractivity (Wildman–Crippen MR) is 78.3 cm³/mol. The van der Waals surface area contributed by atoms with Crippen molar-refractivity contribution in [1.29, 1.82) is 0 Å². The van der Waals surface area contributed by atoms with Crippen LogP contribution in [0.4, 0.5) is 10.1 Å². The van der Waals surface area contributed by atoms with Gasteiger partial charge in [0.1, 0.15) is 5.82 Å². The topological polar surface area (TPSA) is 52.7 Å². The van der Waals surface area contributed by atoms with E-state index in [0.29, 0.717) is 18.7 Å². The number of amides is 2. The van der Waals surface area contributed by atoms with Crippen molar-refractivity contribution < 1.29 is 14.0 Å². The number of nitrogens with one attached hydrogen (secondary N) is 1. The molecule has 5 nitrogen and oxygen atoms in total. The standard InChI is InChI=1S/C15H20FN3O2/c1-12(20)19-10-8-18(9-11-19)7-6-15(21)17-14-4-2-13(16)3-5-14/h2-5H,6-11H2,1H3,(H,17,21). The van der Waals surface area contributed by atoms with Crippen LogP contribution in [0.15, 0.2) is 24.3 Å². The maximum absolute atomic E-state index is 12.8. The van der Waals surface area contributed by atoms with E-state index in [2.05, 4.69) is 10.2 Å². The monoisotopic (exact) mass is 293 g/mol. The van der Waals surface area contributed by atoms with E-state index >= 15 is 0 Å². The molecule has 0 unspecified atom stereocenters. The van der Waals surface area contributed by atoms with E-state index in [-0.39, 0.29) is 17.6 Å². The Morgan fingerprint density at radius 2 is 1.76 bits per heavy atom. The Balaban J connectivity index is 1.70. The van der Waals surface area contributed by atoms with Crippen molar-refractivity contribution in [2.24, 2.45) is 0 Å². The lowest BCUT2D eigenvalue weighted by Crippen LogP contribution is -2.48. The zero-order valence-electron chi connectivity index (χ0n) is 12.1. The van der Waals surface area contributed by atoms with Crippen molar-refractivity contribution in [2.45, 2.75) is 13.3 Å². The molecule has 1 N–H and O–H groups in total. The summed E-state index contributed by atoms with van der Waals surface area (Å²) in [6.07, 6.45) is 0.386. The highest BCUT2D eigenvalue weighted by Gasteiger charge is 2.18. The molecule has 21 heavy (non-hydrogen) atoms. The van der Waals surface area contributed by atoms with E-state index in [1.54, 1.807) is 19.1 Å². The quantitative estimate of drug-likeness (QED) is 0.911. The van der Waals surface area contributed by atoms with E-state index in [1.165, 1.54) is 12.1 Å². The summed E-state index contributed by atoms with van der Waals surface area (Å²) in [6, 6.07) is 5.71. The molecule has 1 aromatic carbocycles. The summed E-state index contributed by atoms with van der Waals surface area (Å²) in [4.78, 5) is 27.0. The third-order valence-electron chi connectivity index (χ3n) is 3.60. The van der Waals surface area contributed by atoms with Crippen LogP contribution in [-0.4, -0.2) is 54.3 Å². The SMILES string of the molecule is CC(=O)N1CCN(CCC(=O)Nc2ccc(F)cc2)CC1. The number of piperazine rings is 1. The Morgan fingerprint density at radius 3 is 2.33 bits per heavy atom. The van der Waals surface area contributed by atoms with Crippen LogP contribution in [0.25, 0.3) is 0 Å². The van der Waals surface area contributed by atoms with Crippen LogP contribution in [0, 0.1) is 5.82 Å². The van der Waals surface area contributed by atoms with Crippen LogP contribution in [0.5, 0.6) is 0 Å². The van der Waals surface area contributed by atoms with Crippen molar-refractivity contribution in [3.05, 3.63) is 30.1 Å². The van der Waals surface area contributed by atoms with E-state index in [4.69, 9.17) is 0 Å². The van der Waals surface area contributed by atoms with Gasteiger partial charge in [-0.15, -0.1) is 0 Å². The van der Waals surface area contributed by atoms with Crippen molar-refractivity contribution in [2.75, 3.05) is 38.0 Å². The van der Waals surface area contributed by atoms with Gasteiger partial charge in [-0.05, 0) is 24.3 Å². The highest BCUT2D eigenvalue weighted by molar-refractivity contribution is 5.90. The molecule has 6 heteroatoms. The normalized spacial score (nSPS) is 15.8. The molecule has 2 rings (SSSR count). The van der Waals surface area contributed by atoms with Gasteiger partial charge in [-0.25, -0.2) is 4.39 Å². The van der Waals surface area contributed by atoms with Crippen LogP contribution < -0.4 is 5.32 Å². The first-order valence-corrected chi connectivity index (χ1v) is 7.08. The van der Waals surface area contributed by atoms with E-state index in [0.717, 1.165) is 26.2 Å². The van der Waals surface area contributed by atoms with Gasteiger partial charge in [0.15, 0.2) is 0 Å². The number of halogens is 1. The number of rotatable bonds is 4. The van der Waals surface area contributed by atoms with Gasteiger partial charge < -0.3 is 10.2 Å². The molecule has 0 aliphatic carbocycles. The molecule has 1 heterocycles. The number of carbonyl (C=O) groups excluding carboxylic acids is 2. The van der Waals surface area contributed by atoms with Gasteiger partial charge in [-0.2, -0.15) is 0 Å². The molecule has 0 bridgehead atoms. The first-order chi connectivity index (χ1) is 10.0. The predicted octanol–water partition coefficient (Wildman–Crippen LogP) is 1.32. The number of nitrogens with zero attached hydrogens (tertiary/aromatic N) is 2. The lowest BCUT2D eigenvalue weighted by molar-refractivity contribution is -0.130. The van der Waals surface area contributed by atoms with Gasteiger partial charge in [0.05, 0.1) is 0 Å². The number of hydrogen-bond donors (Lipinski definition) is 1. The highest BCUT2D eigenvalue weighted by atomic mass is 19.1. The second-order valence-electron chi connectivity index (χ2n) is 5.15. The molecule has 2 amide bonds. The molecule has 1 saturated heterocycles. The number of benzene rings is 1. The average Bonchev–Trinajstić information content (AvgIpc) is 2.48. The Hall–Kier alpha value is -1.95. The number of hydrogen-bond acceptors (Lipinski definition) is 3. The lowest BCUT2D eigenvalue weighted by atomic mass is 10.2. The summed E-state index contributed by atoms with van der Waals surface area (Å²) in [5, 5.41) is 2.74. The number of carbonyl (C=O) groups is 2. The summed E-state index contributed by atoms with van der Waals surface area (Å²) in [5.74, 6) is -0.310. The fourth-order valence-electron chi connectivity index (χ4n) is 2.30. The minimum absolute atomic E-state index is 0.0874. The third-order valence-corrected chi connectivity index (χ3v) is 3.60. The van der Waals surface area contributed by atoms with Crippen LogP contribution in [-0.2, 0) is 9.59 Å².